The highest BCUT2D eigenvalue weighted by atomic mass is 16.5. The van der Waals surface area contributed by atoms with E-state index >= 15 is 0 Å². The Bertz CT molecular complexity index is 913. The van der Waals surface area contributed by atoms with Crippen LogP contribution in [-0.2, 0) is 32.0 Å². The maximum absolute atomic E-state index is 12.4. The molecule has 2 amide bonds. The summed E-state index contributed by atoms with van der Waals surface area (Å²) >= 11 is 0. The smallest absolute Gasteiger partial charge is 0.329 e. The number of hydrogen-bond donors (Lipinski definition) is 2. The van der Waals surface area contributed by atoms with Gasteiger partial charge in [-0.3, -0.25) is 9.59 Å². The fourth-order valence-electron chi connectivity index (χ4n) is 3.23. The highest BCUT2D eigenvalue weighted by Crippen LogP contribution is 2.25. The molecule has 3 rings (SSSR count). The van der Waals surface area contributed by atoms with E-state index in [0.717, 1.165) is 19.3 Å². The Morgan fingerprint density at radius 1 is 1.00 bits per heavy atom. The molecule has 0 heterocycles. The molecule has 2 N–H and O–H groups in total. The summed E-state index contributed by atoms with van der Waals surface area (Å²) in [5.74, 6) is -1.02. The number of rotatable bonds is 8. The lowest BCUT2D eigenvalue weighted by molar-refractivity contribution is -0.155. The minimum atomic E-state index is -0.995. The van der Waals surface area contributed by atoms with Crippen LogP contribution < -0.4 is 15.4 Å². The van der Waals surface area contributed by atoms with Gasteiger partial charge in [0, 0.05) is 5.69 Å². The summed E-state index contributed by atoms with van der Waals surface area (Å²) in [6, 6.07) is 13.8. The molecule has 2 atom stereocenters. The van der Waals surface area contributed by atoms with E-state index in [1.807, 2.05) is 24.3 Å². The minimum Gasteiger partial charge on any atom is -0.484 e. The second-order valence-corrected chi connectivity index (χ2v) is 7.30. The van der Waals surface area contributed by atoms with Gasteiger partial charge in [0.05, 0.1) is 0 Å². The number of carbonyl (C=O) groups excluding carboxylic acids is 3. The molecule has 0 saturated heterocycles. The highest BCUT2D eigenvalue weighted by Gasteiger charge is 2.23. The Kier molecular flexibility index (Phi) is 7.06. The van der Waals surface area contributed by atoms with E-state index in [2.05, 4.69) is 10.6 Å². The molecule has 0 aliphatic heterocycles. The number of hydrogen-bond acceptors (Lipinski definition) is 5. The molecule has 7 nitrogen and oxygen atoms in total. The van der Waals surface area contributed by atoms with E-state index in [1.54, 1.807) is 24.3 Å². The van der Waals surface area contributed by atoms with Crippen molar-refractivity contribution in [1.29, 1.82) is 0 Å². The van der Waals surface area contributed by atoms with Gasteiger partial charge in [-0.05, 0) is 68.5 Å². The second kappa shape index (κ2) is 9.91. The number of fused-ring (bicyclic) bond motifs is 1. The third-order valence-electron chi connectivity index (χ3n) is 4.87. The third kappa shape index (κ3) is 5.83. The Balaban J connectivity index is 1.43. The van der Waals surface area contributed by atoms with Crippen molar-refractivity contribution >= 4 is 23.5 Å². The molecular weight excluding hydrogens is 384 g/mol. The van der Waals surface area contributed by atoms with Gasteiger partial charge in [0.1, 0.15) is 11.8 Å². The molecule has 7 heteroatoms. The van der Waals surface area contributed by atoms with E-state index in [-0.39, 0.29) is 6.61 Å². The topological polar surface area (TPSA) is 93.7 Å². The third-order valence-corrected chi connectivity index (χ3v) is 4.87. The van der Waals surface area contributed by atoms with Crippen molar-refractivity contribution in [3.05, 3.63) is 59.7 Å². The second-order valence-electron chi connectivity index (χ2n) is 7.30. The monoisotopic (exact) mass is 410 g/mol. The molecule has 2 aromatic carbocycles. The average molecular weight is 410 g/mol. The lowest BCUT2D eigenvalue weighted by Gasteiger charge is -2.18. The number of nitrogens with one attached hydrogen (secondary N) is 2. The molecule has 0 aromatic heterocycles. The van der Waals surface area contributed by atoms with Gasteiger partial charge in [-0.15, -0.1) is 0 Å². The van der Waals surface area contributed by atoms with Crippen LogP contribution in [0.3, 0.4) is 0 Å². The standard InChI is InChI=1S/C23H26N2O5/c1-15(24-21(26)14-29-20-9-4-3-5-10-20)23(28)30-16(2)22(27)25-19-12-11-17-7-6-8-18(17)13-19/h3-5,9-13,15-16H,6-8,14H2,1-2H3,(H,24,26)(H,25,27)/t15-,16+/m0/s1. The molecule has 0 spiro atoms. The van der Waals surface area contributed by atoms with Crippen molar-refractivity contribution in [3.8, 4) is 5.75 Å². The number of aryl methyl sites for hydroxylation is 2. The van der Waals surface area contributed by atoms with Crippen LogP contribution in [0.4, 0.5) is 5.69 Å². The van der Waals surface area contributed by atoms with Crippen molar-refractivity contribution < 1.29 is 23.9 Å². The maximum Gasteiger partial charge on any atom is 0.329 e. The summed E-state index contributed by atoms with van der Waals surface area (Å²) in [6.45, 7) is 2.76. The van der Waals surface area contributed by atoms with Crippen LogP contribution >= 0.6 is 0 Å². The first kappa shape index (κ1) is 21.4. The number of benzene rings is 2. The zero-order chi connectivity index (χ0) is 21.5. The van der Waals surface area contributed by atoms with Crippen LogP contribution in [0.1, 0.15) is 31.4 Å². The summed E-state index contributed by atoms with van der Waals surface area (Å²) in [5, 5.41) is 5.27. The van der Waals surface area contributed by atoms with Gasteiger partial charge in [-0.1, -0.05) is 24.3 Å². The fourth-order valence-corrected chi connectivity index (χ4v) is 3.23. The number of amides is 2. The summed E-state index contributed by atoms with van der Waals surface area (Å²) in [5.41, 5.74) is 3.24. The van der Waals surface area contributed by atoms with E-state index in [0.29, 0.717) is 11.4 Å². The Morgan fingerprint density at radius 2 is 1.73 bits per heavy atom. The lowest BCUT2D eigenvalue weighted by atomic mass is 10.1. The van der Waals surface area contributed by atoms with Gasteiger partial charge in [-0.25, -0.2) is 4.79 Å². The lowest BCUT2D eigenvalue weighted by Crippen LogP contribution is -2.44. The van der Waals surface area contributed by atoms with E-state index in [4.69, 9.17) is 9.47 Å². The summed E-state index contributed by atoms with van der Waals surface area (Å²) in [7, 11) is 0. The largest absolute Gasteiger partial charge is 0.484 e. The molecule has 0 saturated carbocycles. The minimum absolute atomic E-state index is 0.226. The molecule has 158 valence electrons. The van der Waals surface area contributed by atoms with E-state index in [1.165, 1.54) is 25.0 Å². The Labute approximate surface area is 175 Å². The van der Waals surface area contributed by atoms with Gasteiger partial charge < -0.3 is 20.1 Å². The summed E-state index contributed by atoms with van der Waals surface area (Å²) < 4.78 is 10.5. The first-order valence-electron chi connectivity index (χ1n) is 10.0. The van der Waals surface area contributed by atoms with Gasteiger partial charge in [0.25, 0.3) is 11.8 Å². The van der Waals surface area contributed by atoms with Gasteiger partial charge in [0.2, 0.25) is 0 Å². The molecule has 1 aliphatic carbocycles. The van der Waals surface area contributed by atoms with Crippen molar-refractivity contribution in [2.45, 2.75) is 45.3 Å². The summed E-state index contributed by atoms with van der Waals surface area (Å²) in [6.07, 6.45) is 2.21. The molecule has 1 aliphatic rings. The fraction of sp³-hybridized carbons (Fsp3) is 0.348. The Morgan fingerprint density at radius 3 is 2.50 bits per heavy atom. The highest BCUT2D eigenvalue weighted by molar-refractivity contribution is 5.95. The molecule has 30 heavy (non-hydrogen) atoms. The van der Waals surface area contributed by atoms with E-state index < -0.39 is 29.9 Å². The van der Waals surface area contributed by atoms with Gasteiger partial charge in [0.15, 0.2) is 12.7 Å². The van der Waals surface area contributed by atoms with Crippen molar-refractivity contribution in [1.82, 2.24) is 5.32 Å². The summed E-state index contributed by atoms with van der Waals surface area (Å²) in [4.78, 5) is 36.5. The molecule has 0 unspecified atom stereocenters. The predicted octanol–water partition coefficient (Wildman–Crippen LogP) is 2.63. The van der Waals surface area contributed by atoms with Crippen LogP contribution in [-0.4, -0.2) is 36.5 Å². The first-order valence-corrected chi connectivity index (χ1v) is 10.0. The van der Waals surface area contributed by atoms with Crippen molar-refractivity contribution in [3.63, 3.8) is 0 Å². The van der Waals surface area contributed by atoms with Crippen LogP contribution in [0.25, 0.3) is 0 Å². The maximum atomic E-state index is 12.4. The molecule has 0 bridgehead atoms. The number of esters is 1. The molecule has 2 aromatic rings. The quantitative estimate of drug-likeness (QED) is 0.653. The van der Waals surface area contributed by atoms with Crippen molar-refractivity contribution in [2.75, 3.05) is 11.9 Å². The first-order chi connectivity index (χ1) is 14.4. The molecule has 0 fully saturated rings. The van der Waals surface area contributed by atoms with Crippen LogP contribution in [0.2, 0.25) is 0 Å². The molecular formula is C23H26N2O5. The van der Waals surface area contributed by atoms with E-state index in [9.17, 15) is 14.4 Å². The number of para-hydroxylation sites is 1. The van der Waals surface area contributed by atoms with Crippen LogP contribution in [0.15, 0.2) is 48.5 Å². The van der Waals surface area contributed by atoms with Crippen molar-refractivity contribution in [2.24, 2.45) is 0 Å². The SMILES string of the molecule is C[C@H](NC(=O)COc1ccccc1)C(=O)O[C@H](C)C(=O)Nc1ccc2c(c1)CCC2. The number of anilines is 1. The Hall–Kier alpha value is -3.35. The predicted molar refractivity (Wildman–Crippen MR) is 112 cm³/mol. The van der Waals surface area contributed by atoms with Gasteiger partial charge in [-0.2, -0.15) is 0 Å². The molecule has 0 radical (unpaired) electrons. The zero-order valence-corrected chi connectivity index (χ0v) is 17.1. The average Bonchev–Trinajstić information content (AvgIpc) is 3.20. The van der Waals surface area contributed by atoms with Crippen LogP contribution in [0.5, 0.6) is 5.75 Å². The zero-order valence-electron chi connectivity index (χ0n) is 17.1. The normalized spacial score (nSPS) is 14.2. The van der Waals surface area contributed by atoms with Crippen LogP contribution in [0, 0.1) is 0 Å². The van der Waals surface area contributed by atoms with Gasteiger partial charge >= 0.3 is 5.97 Å². The number of ether oxygens (including phenoxy) is 2. The number of carbonyl (C=O) groups is 3.